The third-order valence-electron chi connectivity index (χ3n) is 4.42. The number of aromatic nitrogens is 1. The van der Waals surface area contributed by atoms with E-state index in [2.05, 4.69) is 9.89 Å². The highest BCUT2D eigenvalue weighted by Gasteiger charge is 2.60. The lowest BCUT2D eigenvalue weighted by Gasteiger charge is -2.32. The SMILES string of the molecule is O=C(OC(C(F)(F)F)C(F)(F)F)N1CCC(c2noc3cc(F)ccc23)CC1. The van der Waals surface area contributed by atoms with Crippen LogP contribution < -0.4 is 0 Å². The summed E-state index contributed by atoms with van der Waals surface area (Å²) in [4.78, 5) is 12.6. The number of carbonyl (C=O) groups is 1. The number of amides is 1. The number of alkyl halides is 6. The summed E-state index contributed by atoms with van der Waals surface area (Å²) in [7, 11) is 0. The molecule has 0 bridgehead atoms. The van der Waals surface area contributed by atoms with E-state index in [4.69, 9.17) is 4.52 Å². The lowest BCUT2D eigenvalue weighted by atomic mass is 9.92. The molecule has 1 aromatic carbocycles. The summed E-state index contributed by atoms with van der Waals surface area (Å²) >= 11 is 0. The summed E-state index contributed by atoms with van der Waals surface area (Å²) in [5.41, 5.74) is 0.710. The number of nitrogens with zero attached hydrogens (tertiary/aromatic N) is 2. The predicted octanol–water partition coefficient (Wildman–Crippen LogP) is 4.78. The molecule has 3 rings (SSSR count). The fourth-order valence-corrected chi connectivity index (χ4v) is 3.06. The maximum Gasteiger partial charge on any atom is 0.434 e. The highest BCUT2D eigenvalue weighted by atomic mass is 19.4. The lowest BCUT2D eigenvalue weighted by Crippen LogP contribution is -2.49. The number of benzene rings is 1. The standard InChI is InChI=1S/C16H13F7N2O3/c17-9-1-2-10-11(7-9)28-24-12(10)8-3-5-25(6-4-8)14(26)27-13(15(18,19)20)16(21,22)23/h1-2,7-8,13H,3-6H2. The molecule has 1 amide bonds. The first-order chi connectivity index (χ1) is 13.0. The third kappa shape index (κ3) is 4.14. The minimum Gasteiger partial charge on any atom is -0.426 e. The Hall–Kier alpha value is -2.53. The third-order valence-corrected chi connectivity index (χ3v) is 4.42. The number of carbonyl (C=O) groups excluding carboxylic acids is 1. The monoisotopic (exact) mass is 414 g/mol. The van der Waals surface area contributed by atoms with E-state index in [0.717, 1.165) is 11.0 Å². The lowest BCUT2D eigenvalue weighted by molar-refractivity contribution is -0.308. The Balaban J connectivity index is 1.65. The zero-order valence-electron chi connectivity index (χ0n) is 14.0. The van der Waals surface area contributed by atoms with Crippen LogP contribution in [0.1, 0.15) is 24.5 Å². The quantitative estimate of drug-likeness (QED) is 0.664. The van der Waals surface area contributed by atoms with Gasteiger partial charge in [0, 0.05) is 30.5 Å². The highest BCUT2D eigenvalue weighted by molar-refractivity contribution is 5.80. The summed E-state index contributed by atoms with van der Waals surface area (Å²) in [6, 6.07) is 3.82. The topological polar surface area (TPSA) is 55.6 Å². The number of likely N-dealkylation sites (tertiary alicyclic amines) is 1. The molecule has 1 aromatic heterocycles. The average Bonchev–Trinajstić information content (AvgIpc) is 3.00. The zero-order chi connectivity index (χ0) is 20.7. The minimum absolute atomic E-state index is 0.124. The van der Waals surface area contributed by atoms with E-state index < -0.39 is 30.4 Å². The maximum absolute atomic E-state index is 13.2. The molecule has 1 aliphatic heterocycles. The molecule has 0 spiro atoms. The van der Waals surface area contributed by atoms with E-state index in [1.165, 1.54) is 12.1 Å². The normalized spacial score (nSPS) is 16.8. The molecule has 0 N–H and O–H groups in total. The second-order valence-corrected chi connectivity index (χ2v) is 6.32. The van der Waals surface area contributed by atoms with Crippen LogP contribution in [0.15, 0.2) is 22.7 Å². The number of hydrogen-bond donors (Lipinski definition) is 0. The molecule has 0 atom stereocenters. The highest BCUT2D eigenvalue weighted by Crippen LogP contribution is 2.37. The summed E-state index contributed by atoms with van der Waals surface area (Å²) < 4.78 is 97.0. The van der Waals surface area contributed by atoms with Crippen LogP contribution in [0, 0.1) is 5.82 Å². The van der Waals surface area contributed by atoms with Gasteiger partial charge in [-0.05, 0) is 25.0 Å². The molecule has 0 aliphatic carbocycles. The van der Waals surface area contributed by atoms with Crippen molar-refractivity contribution in [3.05, 3.63) is 29.7 Å². The van der Waals surface area contributed by atoms with Crippen LogP contribution in [0.25, 0.3) is 11.0 Å². The van der Waals surface area contributed by atoms with Crippen LogP contribution in [0.2, 0.25) is 0 Å². The van der Waals surface area contributed by atoms with Crippen LogP contribution >= 0.6 is 0 Å². The van der Waals surface area contributed by atoms with Gasteiger partial charge in [0.25, 0.3) is 6.10 Å². The molecule has 1 saturated heterocycles. The van der Waals surface area contributed by atoms with Crippen molar-refractivity contribution in [2.24, 2.45) is 0 Å². The summed E-state index contributed by atoms with van der Waals surface area (Å²) in [6.45, 7) is -0.247. The van der Waals surface area contributed by atoms with Gasteiger partial charge in [0.05, 0.1) is 5.69 Å². The van der Waals surface area contributed by atoms with Crippen LogP contribution in [0.4, 0.5) is 35.5 Å². The van der Waals surface area contributed by atoms with Crippen LogP contribution in [0.3, 0.4) is 0 Å². The van der Waals surface area contributed by atoms with Crippen molar-refractivity contribution in [1.82, 2.24) is 10.1 Å². The van der Waals surface area contributed by atoms with Gasteiger partial charge in [0.15, 0.2) is 5.58 Å². The Morgan fingerprint density at radius 1 is 1.14 bits per heavy atom. The molecule has 154 valence electrons. The second-order valence-electron chi connectivity index (χ2n) is 6.32. The molecular formula is C16H13F7N2O3. The molecule has 5 nitrogen and oxygen atoms in total. The number of halogens is 7. The van der Waals surface area contributed by atoms with E-state index in [9.17, 15) is 35.5 Å². The van der Waals surface area contributed by atoms with E-state index in [1.807, 2.05) is 0 Å². The van der Waals surface area contributed by atoms with Gasteiger partial charge in [-0.25, -0.2) is 9.18 Å². The van der Waals surface area contributed by atoms with Crippen molar-refractivity contribution >= 4 is 17.1 Å². The van der Waals surface area contributed by atoms with Crippen molar-refractivity contribution in [2.75, 3.05) is 13.1 Å². The number of ether oxygens (including phenoxy) is 1. The molecule has 0 saturated carbocycles. The van der Waals surface area contributed by atoms with Crippen molar-refractivity contribution in [3.63, 3.8) is 0 Å². The largest absolute Gasteiger partial charge is 0.434 e. The minimum atomic E-state index is -5.76. The maximum atomic E-state index is 13.2. The van der Waals surface area contributed by atoms with Gasteiger partial charge in [-0.15, -0.1) is 0 Å². The summed E-state index contributed by atoms with van der Waals surface area (Å²) in [5, 5.41) is 4.42. The van der Waals surface area contributed by atoms with Crippen molar-refractivity contribution < 1.29 is 44.8 Å². The Morgan fingerprint density at radius 2 is 1.75 bits per heavy atom. The Bertz CT molecular complexity index is 840. The fourth-order valence-electron chi connectivity index (χ4n) is 3.06. The van der Waals surface area contributed by atoms with Gasteiger partial charge in [0.2, 0.25) is 0 Å². The number of rotatable bonds is 2. The molecule has 0 radical (unpaired) electrons. The van der Waals surface area contributed by atoms with Gasteiger partial charge < -0.3 is 14.2 Å². The van der Waals surface area contributed by atoms with Crippen LogP contribution in [-0.2, 0) is 4.74 Å². The molecule has 2 heterocycles. The fraction of sp³-hybridized carbons (Fsp3) is 0.500. The van der Waals surface area contributed by atoms with E-state index in [1.54, 1.807) is 0 Å². The summed E-state index contributed by atoms with van der Waals surface area (Å²) in [6.07, 6.45) is -17.0. The van der Waals surface area contributed by atoms with Crippen LogP contribution in [-0.4, -0.2) is 47.7 Å². The number of piperidine rings is 1. The molecule has 12 heteroatoms. The summed E-state index contributed by atoms with van der Waals surface area (Å²) in [5.74, 6) is -0.770. The molecule has 2 aromatic rings. The van der Waals surface area contributed by atoms with Gasteiger partial charge in [-0.1, -0.05) is 5.16 Å². The van der Waals surface area contributed by atoms with Gasteiger partial charge in [-0.3, -0.25) is 0 Å². The molecule has 1 aliphatic rings. The zero-order valence-corrected chi connectivity index (χ0v) is 14.0. The molecule has 0 unspecified atom stereocenters. The number of hydrogen-bond acceptors (Lipinski definition) is 4. The van der Waals surface area contributed by atoms with Gasteiger partial charge in [-0.2, -0.15) is 26.3 Å². The predicted molar refractivity (Wildman–Crippen MR) is 79.9 cm³/mol. The van der Waals surface area contributed by atoms with Crippen molar-refractivity contribution in [1.29, 1.82) is 0 Å². The Kier molecular flexibility index (Phi) is 5.15. The number of fused-ring (bicyclic) bond motifs is 1. The smallest absolute Gasteiger partial charge is 0.426 e. The molecular weight excluding hydrogens is 401 g/mol. The first-order valence-corrected chi connectivity index (χ1v) is 8.10. The van der Waals surface area contributed by atoms with Crippen molar-refractivity contribution in [3.8, 4) is 0 Å². The van der Waals surface area contributed by atoms with E-state index >= 15 is 0 Å². The van der Waals surface area contributed by atoms with E-state index in [-0.39, 0.29) is 37.4 Å². The van der Waals surface area contributed by atoms with Gasteiger partial charge >= 0.3 is 18.4 Å². The first-order valence-electron chi connectivity index (χ1n) is 8.10. The van der Waals surface area contributed by atoms with Crippen molar-refractivity contribution in [2.45, 2.75) is 37.2 Å². The molecule has 1 fully saturated rings. The van der Waals surface area contributed by atoms with E-state index in [0.29, 0.717) is 11.1 Å². The van der Waals surface area contributed by atoms with Crippen LogP contribution in [0.5, 0.6) is 0 Å². The average molecular weight is 414 g/mol. The molecule has 28 heavy (non-hydrogen) atoms. The second kappa shape index (κ2) is 7.13. The Labute approximate surface area is 153 Å². The Morgan fingerprint density at radius 3 is 2.32 bits per heavy atom. The first kappa shape index (κ1) is 20.2. The van der Waals surface area contributed by atoms with Gasteiger partial charge in [0.1, 0.15) is 5.82 Å².